The van der Waals surface area contributed by atoms with Crippen LogP contribution in [0.25, 0.3) is 5.69 Å². The summed E-state index contributed by atoms with van der Waals surface area (Å²) >= 11 is 1.66. The molecule has 4 rings (SSSR count). The first-order valence-corrected chi connectivity index (χ1v) is 10.5. The number of hydrogen-bond acceptors (Lipinski definition) is 5. The van der Waals surface area contributed by atoms with Gasteiger partial charge in [0.25, 0.3) is 5.91 Å². The fourth-order valence-electron chi connectivity index (χ4n) is 3.55. The molecule has 1 amide bonds. The number of hydrogen-bond donors (Lipinski definition) is 1. The molecular formula is C22H24N4O2S. The molecule has 1 aliphatic heterocycles. The van der Waals surface area contributed by atoms with E-state index in [9.17, 15) is 4.79 Å². The van der Waals surface area contributed by atoms with E-state index >= 15 is 0 Å². The number of aromatic nitrogens is 1. The Labute approximate surface area is 174 Å². The van der Waals surface area contributed by atoms with Gasteiger partial charge in [-0.05, 0) is 44.2 Å². The molecule has 0 radical (unpaired) electrons. The van der Waals surface area contributed by atoms with Crippen LogP contribution in [-0.4, -0.2) is 43.0 Å². The molecule has 3 heterocycles. The van der Waals surface area contributed by atoms with Crippen molar-refractivity contribution in [3.63, 3.8) is 0 Å². The second-order valence-electron chi connectivity index (χ2n) is 6.93. The molecule has 1 aromatic carbocycles. The average Bonchev–Trinajstić information content (AvgIpc) is 3.33. The number of aryl methyl sites for hydroxylation is 1. The average molecular weight is 409 g/mol. The Morgan fingerprint density at radius 3 is 2.66 bits per heavy atom. The zero-order chi connectivity index (χ0) is 20.2. The number of benzene rings is 1. The lowest BCUT2D eigenvalue weighted by Gasteiger charge is -2.27. The standard InChI is InChI=1S/C22H24N4O2S/c1-16-14-20(17(2)26(16)18-6-4-3-5-7-18)22(27)24-23-15-19-8-9-21(29-19)25-10-12-28-13-11-25/h3-9,14-15H,10-13H2,1-2H3,(H,24,27). The normalized spacial score (nSPS) is 14.5. The first-order valence-electron chi connectivity index (χ1n) is 9.64. The maximum absolute atomic E-state index is 12.6. The van der Waals surface area contributed by atoms with Crippen molar-refractivity contribution in [1.82, 2.24) is 9.99 Å². The first kappa shape index (κ1) is 19.4. The van der Waals surface area contributed by atoms with E-state index in [0.29, 0.717) is 5.56 Å². The second kappa shape index (κ2) is 8.63. The quantitative estimate of drug-likeness (QED) is 0.517. The zero-order valence-electron chi connectivity index (χ0n) is 16.6. The van der Waals surface area contributed by atoms with Crippen LogP contribution in [0, 0.1) is 13.8 Å². The number of thiophene rings is 1. The molecule has 0 saturated carbocycles. The van der Waals surface area contributed by atoms with Crippen LogP contribution in [0.5, 0.6) is 0 Å². The van der Waals surface area contributed by atoms with Gasteiger partial charge in [-0.1, -0.05) is 18.2 Å². The lowest BCUT2D eigenvalue weighted by atomic mass is 10.2. The summed E-state index contributed by atoms with van der Waals surface area (Å²) in [5.41, 5.74) is 6.23. The zero-order valence-corrected chi connectivity index (χ0v) is 17.4. The number of nitrogens with one attached hydrogen (secondary N) is 1. The highest BCUT2D eigenvalue weighted by Crippen LogP contribution is 2.25. The monoisotopic (exact) mass is 408 g/mol. The van der Waals surface area contributed by atoms with Crippen LogP contribution in [0.3, 0.4) is 0 Å². The van der Waals surface area contributed by atoms with Crippen LogP contribution in [0.4, 0.5) is 5.00 Å². The summed E-state index contributed by atoms with van der Waals surface area (Å²) in [6.45, 7) is 7.29. The second-order valence-corrected chi connectivity index (χ2v) is 8.02. The number of carbonyl (C=O) groups is 1. The van der Waals surface area contributed by atoms with Gasteiger partial charge in [-0.2, -0.15) is 5.10 Å². The molecule has 150 valence electrons. The third kappa shape index (κ3) is 4.26. The summed E-state index contributed by atoms with van der Waals surface area (Å²) < 4.78 is 7.47. The van der Waals surface area contributed by atoms with Crippen molar-refractivity contribution in [3.05, 3.63) is 70.4 Å². The number of rotatable bonds is 5. The van der Waals surface area contributed by atoms with E-state index in [1.165, 1.54) is 5.00 Å². The Balaban J connectivity index is 1.43. The largest absolute Gasteiger partial charge is 0.378 e. The van der Waals surface area contributed by atoms with Crippen molar-refractivity contribution in [3.8, 4) is 5.69 Å². The molecule has 1 fully saturated rings. The van der Waals surface area contributed by atoms with Crippen molar-refractivity contribution in [2.24, 2.45) is 5.10 Å². The van der Waals surface area contributed by atoms with Gasteiger partial charge in [-0.25, -0.2) is 5.43 Å². The molecule has 0 atom stereocenters. The molecule has 0 spiro atoms. The third-order valence-corrected chi connectivity index (χ3v) is 6.06. The Morgan fingerprint density at radius 2 is 1.90 bits per heavy atom. The number of morpholine rings is 1. The summed E-state index contributed by atoms with van der Waals surface area (Å²) in [6.07, 6.45) is 1.70. The van der Waals surface area contributed by atoms with E-state index in [0.717, 1.165) is 48.3 Å². The minimum atomic E-state index is -0.207. The smallest absolute Gasteiger partial charge is 0.273 e. The number of hydrazone groups is 1. The lowest BCUT2D eigenvalue weighted by molar-refractivity contribution is 0.0954. The van der Waals surface area contributed by atoms with Crippen molar-refractivity contribution in [2.45, 2.75) is 13.8 Å². The van der Waals surface area contributed by atoms with Gasteiger partial charge in [-0.3, -0.25) is 4.79 Å². The number of amides is 1. The van der Waals surface area contributed by atoms with E-state index in [4.69, 9.17) is 4.74 Å². The molecule has 2 aromatic heterocycles. The first-order chi connectivity index (χ1) is 14.1. The summed E-state index contributed by atoms with van der Waals surface area (Å²) in [5, 5.41) is 5.36. The van der Waals surface area contributed by atoms with Gasteiger partial charge in [-0.15, -0.1) is 11.3 Å². The Bertz CT molecular complexity index is 1020. The van der Waals surface area contributed by atoms with E-state index in [1.54, 1.807) is 17.6 Å². The van der Waals surface area contributed by atoms with Crippen molar-refractivity contribution in [1.29, 1.82) is 0 Å². The van der Waals surface area contributed by atoms with Crippen LogP contribution in [-0.2, 0) is 4.74 Å². The molecular weight excluding hydrogens is 384 g/mol. The number of para-hydroxylation sites is 1. The fraction of sp³-hybridized carbons (Fsp3) is 0.273. The highest BCUT2D eigenvalue weighted by Gasteiger charge is 2.16. The Morgan fingerprint density at radius 1 is 1.14 bits per heavy atom. The predicted octanol–water partition coefficient (Wildman–Crippen LogP) is 3.76. The molecule has 3 aromatic rings. The topological polar surface area (TPSA) is 58.9 Å². The number of nitrogens with zero attached hydrogens (tertiary/aromatic N) is 3. The molecule has 0 aliphatic carbocycles. The van der Waals surface area contributed by atoms with E-state index in [2.05, 4.69) is 26.1 Å². The summed E-state index contributed by atoms with van der Waals surface area (Å²) in [4.78, 5) is 16.0. The van der Waals surface area contributed by atoms with Gasteiger partial charge in [0.15, 0.2) is 0 Å². The van der Waals surface area contributed by atoms with E-state index < -0.39 is 0 Å². The van der Waals surface area contributed by atoms with Gasteiger partial charge < -0.3 is 14.2 Å². The predicted molar refractivity (Wildman–Crippen MR) is 118 cm³/mol. The molecule has 1 N–H and O–H groups in total. The number of anilines is 1. The highest BCUT2D eigenvalue weighted by molar-refractivity contribution is 7.17. The summed E-state index contributed by atoms with van der Waals surface area (Å²) in [7, 11) is 0. The van der Waals surface area contributed by atoms with Crippen molar-refractivity contribution >= 4 is 28.5 Å². The number of carbonyl (C=O) groups excluding carboxylic acids is 1. The van der Waals surface area contributed by atoms with Crippen LogP contribution >= 0.6 is 11.3 Å². The molecule has 29 heavy (non-hydrogen) atoms. The van der Waals surface area contributed by atoms with Gasteiger partial charge in [0, 0.05) is 35.0 Å². The molecule has 7 heteroatoms. The molecule has 1 aliphatic rings. The minimum absolute atomic E-state index is 0.207. The van der Waals surface area contributed by atoms with E-state index in [-0.39, 0.29) is 5.91 Å². The van der Waals surface area contributed by atoms with Crippen molar-refractivity contribution < 1.29 is 9.53 Å². The molecule has 0 bridgehead atoms. The fourth-order valence-corrected chi connectivity index (χ4v) is 4.48. The minimum Gasteiger partial charge on any atom is -0.378 e. The third-order valence-electron chi connectivity index (χ3n) is 4.98. The van der Waals surface area contributed by atoms with Gasteiger partial charge in [0.05, 0.1) is 30.0 Å². The number of ether oxygens (including phenoxy) is 1. The van der Waals surface area contributed by atoms with Gasteiger partial charge >= 0.3 is 0 Å². The summed E-state index contributed by atoms with van der Waals surface area (Å²) in [6, 6.07) is 16.0. The Kier molecular flexibility index (Phi) is 5.78. The maximum atomic E-state index is 12.6. The summed E-state index contributed by atoms with van der Waals surface area (Å²) in [5.74, 6) is -0.207. The molecule has 0 unspecified atom stereocenters. The maximum Gasteiger partial charge on any atom is 0.273 e. The van der Waals surface area contributed by atoms with Crippen LogP contribution in [0.2, 0.25) is 0 Å². The van der Waals surface area contributed by atoms with Gasteiger partial charge in [0.1, 0.15) is 0 Å². The highest BCUT2D eigenvalue weighted by atomic mass is 32.1. The lowest BCUT2D eigenvalue weighted by Crippen LogP contribution is -2.35. The van der Waals surface area contributed by atoms with Crippen molar-refractivity contribution in [2.75, 3.05) is 31.2 Å². The Hall–Kier alpha value is -2.90. The van der Waals surface area contributed by atoms with Gasteiger partial charge in [0.2, 0.25) is 0 Å². The molecule has 6 nitrogen and oxygen atoms in total. The van der Waals surface area contributed by atoms with Crippen LogP contribution in [0.1, 0.15) is 26.6 Å². The van der Waals surface area contributed by atoms with Crippen LogP contribution in [0.15, 0.2) is 53.6 Å². The van der Waals surface area contributed by atoms with Crippen LogP contribution < -0.4 is 10.3 Å². The molecule has 1 saturated heterocycles. The SMILES string of the molecule is Cc1cc(C(=O)NN=Cc2ccc(N3CCOCC3)s2)c(C)n1-c1ccccc1. The van der Waals surface area contributed by atoms with E-state index in [1.807, 2.05) is 56.3 Å².